The number of hydrogen-bond donors (Lipinski definition) is 2. The van der Waals surface area contributed by atoms with Crippen LogP contribution in [0.4, 0.5) is 0 Å². The molecule has 88 valence electrons. The maximum absolute atomic E-state index is 9.19. The monoisotopic (exact) mass is 225 g/mol. The molecule has 0 aliphatic heterocycles. The molecule has 5 heteroatoms. The molecule has 0 radical (unpaired) electrons. The first-order chi connectivity index (χ1) is 6.41. The first-order valence-electron chi connectivity index (χ1n) is 5.05. The van der Waals surface area contributed by atoms with Gasteiger partial charge in [-0.15, -0.1) is 0 Å². The van der Waals surface area contributed by atoms with Gasteiger partial charge in [-0.2, -0.15) is 8.42 Å². The van der Waals surface area contributed by atoms with Crippen molar-refractivity contribution in [1.82, 2.24) is 5.32 Å². The van der Waals surface area contributed by atoms with Gasteiger partial charge in [0.2, 0.25) is 0 Å². The molecule has 2 N–H and O–H groups in total. The van der Waals surface area contributed by atoms with Crippen molar-refractivity contribution in [2.45, 2.75) is 39.5 Å². The summed E-state index contributed by atoms with van der Waals surface area (Å²) in [6, 6.07) is 0. The number of unbranched alkanes of at least 4 members (excludes halogenated alkanes) is 2. The van der Waals surface area contributed by atoms with Gasteiger partial charge in [0, 0.05) is 0 Å². The quantitative estimate of drug-likeness (QED) is 0.533. The molecule has 0 bridgehead atoms. The third-order valence-corrected chi connectivity index (χ3v) is 1.41. The Balaban J connectivity index is 0. The lowest BCUT2D eigenvalue weighted by Gasteiger charge is -1.99. The molecule has 0 fully saturated rings. The molecule has 0 aromatic carbocycles. The summed E-state index contributed by atoms with van der Waals surface area (Å²) in [7, 11) is -3.67. The van der Waals surface area contributed by atoms with Crippen LogP contribution in [0.15, 0.2) is 0 Å². The average molecular weight is 225 g/mol. The molecular formula is C9H23NO3S. The van der Waals surface area contributed by atoms with Gasteiger partial charge in [0.05, 0.1) is 6.26 Å². The zero-order valence-corrected chi connectivity index (χ0v) is 10.2. The third kappa shape index (κ3) is 40.7. The standard InChI is InChI=1S/C8H19N.CH4O3S/c1-3-5-7-9-8-6-4-2;1-5(2,3)4/h9H,3-8H2,1-2H3;1H3,(H,2,3,4). The lowest BCUT2D eigenvalue weighted by molar-refractivity contribution is 0.490. The van der Waals surface area contributed by atoms with E-state index < -0.39 is 10.1 Å². The summed E-state index contributed by atoms with van der Waals surface area (Å²) in [6.45, 7) is 6.86. The molecule has 0 atom stereocenters. The SMILES string of the molecule is CCCCNCCCC.CS(=O)(=O)O. The van der Waals surface area contributed by atoms with Gasteiger partial charge in [-0.1, -0.05) is 26.7 Å². The molecular weight excluding hydrogens is 202 g/mol. The van der Waals surface area contributed by atoms with Crippen molar-refractivity contribution >= 4 is 10.1 Å². The smallest absolute Gasteiger partial charge is 0.261 e. The molecule has 0 aromatic heterocycles. The van der Waals surface area contributed by atoms with E-state index in [1.807, 2.05) is 0 Å². The Bertz CT molecular complexity index is 176. The van der Waals surface area contributed by atoms with Crippen LogP contribution in [0.5, 0.6) is 0 Å². The Kier molecular flexibility index (Phi) is 12.8. The van der Waals surface area contributed by atoms with Crippen molar-refractivity contribution < 1.29 is 13.0 Å². The summed E-state index contributed by atoms with van der Waals surface area (Å²) in [4.78, 5) is 0. The van der Waals surface area contributed by atoms with Crippen LogP contribution < -0.4 is 5.32 Å². The van der Waals surface area contributed by atoms with E-state index in [1.165, 1.54) is 38.8 Å². The molecule has 0 saturated carbocycles. The summed E-state index contributed by atoms with van der Waals surface area (Å²) in [5, 5.41) is 3.39. The number of nitrogens with one attached hydrogen (secondary N) is 1. The summed E-state index contributed by atoms with van der Waals surface area (Å²) < 4.78 is 25.9. The number of rotatable bonds is 6. The molecule has 0 saturated heterocycles. The lowest BCUT2D eigenvalue weighted by Crippen LogP contribution is -2.15. The second-order valence-electron chi connectivity index (χ2n) is 3.19. The minimum Gasteiger partial charge on any atom is -0.317 e. The first kappa shape index (κ1) is 16.3. The molecule has 4 nitrogen and oxygen atoms in total. The van der Waals surface area contributed by atoms with Crippen LogP contribution in [0, 0.1) is 0 Å². The van der Waals surface area contributed by atoms with Crippen LogP contribution in [0.3, 0.4) is 0 Å². The van der Waals surface area contributed by atoms with E-state index in [9.17, 15) is 8.42 Å². The Morgan fingerprint density at radius 3 is 1.57 bits per heavy atom. The zero-order chi connectivity index (χ0) is 11.4. The van der Waals surface area contributed by atoms with Crippen LogP contribution in [0.25, 0.3) is 0 Å². The minimum absolute atomic E-state index is 0.715. The summed E-state index contributed by atoms with van der Waals surface area (Å²) in [6.07, 6.45) is 5.97. The van der Waals surface area contributed by atoms with E-state index in [1.54, 1.807) is 0 Å². The Labute approximate surface area is 87.8 Å². The van der Waals surface area contributed by atoms with E-state index in [2.05, 4.69) is 19.2 Å². The minimum atomic E-state index is -3.67. The average Bonchev–Trinajstić information content (AvgIpc) is 2.01. The van der Waals surface area contributed by atoms with Crippen LogP contribution in [0.1, 0.15) is 39.5 Å². The fourth-order valence-electron chi connectivity index (χ4n) is 0.729. The van der Waals surface area contributed by atoms with Gasteiger partial charge < -0.3 is 5.32 Å². The molecule has 14 heavy (non-hydrogen) atoms. The van der Waals surface area contributed by atoms with Gasteiger partial charge in [0.1, 0.15) is 0 Å². The molecule has 0 heterocycles. The Morgan fingerprint density at radius 1 is 1.07 bits per heavy atom. The molecule has 0 aromatic rings. The van der Waals surface area contributed by atoms with Gasteiger partial charge >= 0.3 is 0 Å². The van der Waals surface area contributed by atoms with Gasteiger partial charge in [-0.3, -0.25) is 4.55 Å². The van der Waals surface area contributed by atoms with Crippen molar-refractivity contribution in [3.63, 3.8) is 0 Å². The highest BCUT2D eigenvalue weighted by atomic mass is 32.2. The highest BCUT2D eigenvalue weighted by Gasteiger charge is 1.83. The Hall–Kier alpha value is -0.130. The largest absolute Gasteiger partial charge is 0.317 e. The van der Waals surface area contributed by atoms with E-state index >= 15 is 0 Å². The van der Waals surface area contributed by atoms with Crippen molar-refractivity contribution in [3.8, 4) is 0 Å². The fourth-order valence-corrected chi connectivity index (χ4v) is 0.729. The van der Waals surface area contributed by atoms with E-state index in [0.717, 1.165) is 0 Å². The lowest BCUT2D eigenvalue weighted by atomic mass is 10.3. The number of hydrogen-bond acceptors (Lipinski definition) is 3. The highest BCUT2D eigenvalue weighted by Crippen LogP contribution is 1.85. The second kappa shape index (κ2) is 10.9. The van der Waals surface area contributed by atoms with E-state index in [-0.39, 0.29) is 0 Å². The first-order valence-corrected chi connectivity index (χ1v) is 6.89. The summed E-state index contributed by atoms with van der Waals surface area (Å²) in [5.74, 6) is 0. The van der Waals surface area contributed by atoms with Crippen molar-refractivity contribution in [1.29, 1.82) is 0 Å². The summed E-state index contributed by atoms with van der Waals surface area (Å²) in [5.41, 5.74) is 0. The fraction of sp³-hybridized carbons (Fsp3) is 1.00. The summed E-state index contributed by atoms with van der Waals surface area (Å²) >= 11 is 0. The molecule has 0 aliphatic carbocycles. The van der Waals surface area contributed by atoms with E-state index in [0.29, 0.717) is 6.26 Å². The van der Waals surface area contributed by atoms with Crippen LogP contribution in [-0.2, 0) is 10.1 Å². The normalized spacial score (nSPS) is 10.6. The van der Waals surface area contributed by atoms with Crippen molar-refractivity contribution in [3.05, 3.63) is 0 Å². The maximum Gasteiger partial charge on any atom is 0.261 e. The van der Waals surface area contributed by atoms with Gasteiger partial charge in [-0.25, -0.2) is 0 Å². The van der Waals surface area contributed by atoms with Crippen molar-refractivity contribution in [2.75, 3.05) is 19.3 Å². The van der Waals surface area contributed by atoms with Gasteiger partial charge in [0.15, 0.2) is 0 Å². The molecule has 0 spiro atoms. The van der Waals surface area contributed by atoms with Crippen LogP contribution in [-0.4, -0.2) is 32.3 Å². The maximum atomic E-state index is 9.19. The molecule has 0 rings (SSSR count). The third-order valence-electron chi connectivity index (χ3n) is 1.41. The Morgan fingerprint density at radius 2 is 1.36 bits per heavy atom. The molecule has 0 amide bonds. The topological polar surface area (TPSA) is 66.4 Å². The molecule has 0 aliphatic rings. The zero-order valence-electron chi connectivity index (χ0n) is 9.41. The van der Waals surface area contributed by atoms with Crippen molar-refractivity contribution in [2.24, 2.45) is 0 Å². The van der Waals surface area contributed by atoms with E-state index in [4.69, 9.17) is 4.55 Å². The van der Waals surface area contributed by atoms with Gasteiger partial charge in [0.25, 0.3) is 10.1 Å². The molecule has 0 unspecified atom stereocenters. The van der Waals surface area contributed by atoms with Crippen LogP contribution >= 0.6 is 0 Å². The predicted molar refractivity (Wildman–Crippen MR) is 60.2 cm³/mol. The van der Waals surface area contributed by atoms with Crippen LogP contribution in [0.2, 0.25) is 0 Å². The van der Waals surface area contributed by atoms with Gasteiger partial charge in [-0.05, 0) is 25.9 Å². The predicted octanol–water partition coefficient (Wildman–Crippen LogP) is 1.68. The highest BCUT2D eigenvalue weighted by molar-refractivity contribution is 7.85. The second-order valence-corrected chi connectivity index (χ2v) is 4.66.